The van der Waals surface area contributed by atoms with Crippen molar-refractivity contribution in [2.45, 2.75) is 75.8 Å². The van der Waals surface area contributed by atoms with Gasteiger partial charge in [0.2, 0.25) is 0 Å². The van der Waals surface area contributed by atoms with Gasteiger partial charge < -0.3 is 5.32 Å². The summed E-state index contributed by atoms with van der Waals surface area (Å²) in [5.41, 5.74) is 1.10. The van der Waals surface area contributed by atoms with Crippen molar-refractivity contribution in [1.82, 2.24) is 20.0 Å². The van der Waals surface area contributed by atoms with Gasteiger partial charge in [-0.1, -0.05) is 19.3 Å². The molecule has 0 atom stereocenters. The van der Waals surface area contributed by atoms with Crippen LogP contribution in [0.4, 0.5) is 0 Å². The van der Waals surface area contributed by atoms with Gasteiger partial charge in [-0.05, 0) is 58.0 Å². The second kappa shape index (κ2) is 6.87. The van der Waals surface area contributed by atoms with Crippen molar-refractivity contribution >= 4 is 5.91 Å². The van der Waals surface area contributed by atoms with E-state index in [0.29, 0.717) is 17.1 Å². The molecule has 5 nitrogen and oxygen atoms in total. The Hall–Kier alpha value is -1.36. The van der Waals surface area contributed by atoms with E-state index >= 15 is 0 Å². The lowest BCUT2D eigenvalue weighted by atomic mass is 9.90. The van der Waals surface area contributed by atoms with Crippen LogP contribution in [0.3, 0.4) is 0 Å². The lowest BCUT2D eigenvalue weighted by molar-refractivity contribution is 0.0942. The Kier molecular flexibility index (Phi) is 4.61. The molecule has 1 aliphatic carbocycles. The summed E-state index contributed by atoms with van der Waals surface area (Å²) in [5, 5.41) is 7.58. The van der Waals surface area contributed by atoms with Crippen molar-refractivity contribution in [2.24, 2.45) is 0 Å². The molecule has 1 aromatic rings. The number of fused-ring (bicyclic) bond motifs is 1. The molecule has 1 N–H and O–H groups in total. The summed E-state index contributed by atoms with van der Waals surface area (Å²) in [5.74, 6) is 0.0380. The molecule has 0 radical (unpaired) electrons. The zero-order valence-corrected chi connectivity index (χ0v) is 14.7. The third-order valence-corrected chi connectivity index (χ3v) is 6.50. The van der Waals surface area contributed by atoms with Gasteiger partial charge in [0.1, 0.15) is 0 Å². The van der Waals surface area contributed by atoms with Crippen LogP contribution in [-0.4, -0.2) is 45.8 Å². The Morgan fingerprint density at radius 3 is 2.67 bits per heavy atom. The van der Waals surface area contributed by atoms with Gasteiger partial charge in [0, 0.05) is 18.3 Å². The van der Waals surface area contributed by atoms with Crippen LogP contribution in [0.5, 0.6) is 0 Å². The molecular weight excluding hydrogens is 300 g/mol. The zero-order chi connectivity index (χ0) is 16.4. The van der Waals surface area contributed by atoms with Gasteiger partial charge in [0.05, 0.1) is 17.8 Å². The first-order valence-corrected chi connectivity index (χ1v) is 9.84. The molecule has 3 fully saturated rings. The lowest BCUT2D eigenvalue weighted by Crippen LogP contribution is -2.41. The highest BCUT2D eigenvalue weighted by Gasteiger charge is 2.43. The number of amides is 1. The maximum absolute atomic E-state index is 12.4. The zero-order valence-electron chi connectivity index (χ0n) is 14.7. The minimum absolute atomic E-state index is 0.0380. The first kappa shape index (κ1) is 16.1. The van der Waals surface area contributed by atoms with Gasteiger partial charge in [-0.2, -0.15) is 5.10 Å². The van der Waals surface area contributed by atoms with Crippen LogP contribution in [0.15, 0.2) is 12.4 Å². The van der Waals surface area contributed by atoms with E-state index in [2.05, 4.69) is 15.3 Å². The van der Waals surface area contributed by atoms with Gasteiger partial charge in [-0.25, -0.2) is 0 Å². The van der Waals surface area contributed by atoms with Gasteiger partial charge >= 0.3 is 0 Å². The van der Waals surface area contributed by atoms with Crippen LogP contribution in [0, 0.1) is 0 Å². The van der Waals surface area contributed by atoms with Crippen LogP contribution >= 0.6 is 0 Å². The fraction of sp³-hybridized carbons (Fsp3) is 0.789. The Bertz CT molecular complexity index is 566. The minimum Gasteiger partial charge on any atom is -0.352 e. The number of carbonyl (C=O) groups is 1. The van der Waals surface area contributed by atoms with Gasteiger partial charge in [0.25, 0.3) is 5.91 Å². The lowest BCUT2D eigenvalue weighted by Gasteiger charge is -2.32. The number of aromatic nitrogens is 2. The maximum atomic E-state index is 12.4. The molecule has 0 bridgehead atoms. The monoisotopic (exact) mass is 330 g/mol. The van der Waals surface area contributed by atoms with Gasteiger partial charge in [-0.15, -0.1) is 0 Å². The Labute approximate surface area is 144 Å². The van der Waals surface area contributed by atoms with Crippen molar-refractivity contribution in [3.8, 4) is 0 Å². The number of nitrogens with zero attached hydrogens (tertiary/aromatic N) is 3. The van der Waals surface area contributed by atoms with Crippen molar-refractivity contribution in [3.05, 3.63) is 18.0 Å². The largest absolute Gasteiger partial charge is 0.352 e. The van der Waals surface area contributed by atoms with Crippen molar-refractivity contribution < 1.29 is 4.79 Å². The summed E-state index contributed by atoms with van der Waals surface area (Å²) < 4.78 is 2.02. The maximum Gasteiger partial charge on any atom is 0.254 e. The molecule has 2 aliphatic heterocycles. The van der Waals surface area contributed by atoms with Crippen molar-refractivity contribution in [1.29, 1.82) is 0 Å². The fourth-order valence-corrected chi connectivity index (χ4v) is 5.14. The number of hydrogen-bond donors (Lipinski definition) is 1. The quantitative estimate of drug-likeness (QED) is 0.902. The summed E-state index contributed by atoms with van der Waals surface area (Å²) in [4.78, 5) is 15.1. The third kappa shape index (κ3) is 3.10. The second-order valence-electron chi connectivity index (χ2n) is 7.93. The van der Waals surface area contributed by atoms with Crippen molar-refractivity contribution in [3.63, 3.8) is 0 Å². The van der Waals surface area contributed by atoms with E-state index in [9.17, 15) is 4.79 Å². The van der Waals surface area contributed by atoms with Crippen LogP contribution in [-0.2, 0) is 0 Å². The molecule has 3 heterocycles. The topological polar surface area (TPSA) is 50.2 Å². The third-order valence-electron chi connectivity index (χ3n) is 6.50. The van der Waals surface area contributed by atoms with E-state index in [1.54, 1.807) is 6.20 Å². The normalized spacial score (nSPS) is 24.2. The highest BCUT2D eigenvalue weighted by Crippen LogP contribution is 2.40. The molecular formula is C19H30N4O. The van der Waals surface area contributed by atoms with Crippen LogP contribution in [0.25, 0.3) is 0 Å². The molecule has 0 aromatic carbocycles. The Balaban J connectivity index is 1.29. The molecule has 0 unspecified atom stereocenters. The SMILES string of the molecule is O=C(NCCC12CCCN1CCC2)c1cnn(C2CCCCC2)c1. The summed E-state index contributed by atoms with van der Waals surface area (Å²) in [6.07, 6.45) is 16.3. The smallest absolute Gasteiger partial charge is 0.254 e. The van der Waals surface area contributed by atoms with Crippen LogP contribution in [0.1, 0.15) is 80.6 Å². The van der Waals surface area contributed by atoms with E-state index in [1.807, 2.05) is 10.9 Å². The molecule has 132 valence electrons. The molecule has 1 amide bonds. The standard InChI is InChI=1S/C19H30N4O/c24-18(16-14-21-23(15-16)17-6-2-1-3-7-17)20-11-10-19-8-4-12-22(19)13-5-9-19/h14-15,17H,1-13H2,(H,20,24). The predicted molar refractivity (Wildman–Crippen MR) is 94.1 cm³/mol. The Morgan fingerprint density at radius 1 is 1.17 bits per heavy atom. The van der Waals surface area contributed by atoms with Gasteiger partial charge in [-0.3, -0.25) is 14.4 Å². The van der Waals surface area contributed by atoms with Crippen LogP contribution < -0.4 is 5.32 Å². The summed E-state index contributed by atoms with van der Waals surface area (Å²) in [6, 6.07) is 0.490. The van der Waals surface area contributed by atoms with E-state index < -0.39 is 0 Å². The average Bonchev–Trinajstić information content (AvgIpc) is 3.30. The minimum atomic E-state index is 0.0380. The predicted octanol–water partition coefficient (Wildman–Crippen LogP) is 3.14. The Morgan fingerprint density at radius 2 is 1.92 bits per heavy atom. The van der Waals surface area contributed by atoms with E-state index in [4.69, 9.17) is 0 Å². The number of hydrogen-bond acceptors (Lipinski definition) is 3. The molecule has 3 aliphatic rings. The number of carbonyl (C=O) groups excluding carboxylic acids is 1. The molecule has 1 aromatic heterocycles. The molecule has 0 spiro atoms. The van der Waals surface area contributed by atoms with Crippen molar-refractivity contribution in [2.75, 3.05) is 19.6 Å². The first-order valence-electron chi connectivity index (χ1n) is 9.84. The second-order valence-corrected chi connectivity index (χ2v) is 7.93. The summed E-state index contributed by atoms with van der Waals surface area (Å²) in [6.45, 7) is 3.29. The summed E-state index contributed by atoms with van der Waals surface area (Å²) in [7, 11) is 0. The molecule has 1 saturated carbocycles. The van der Waals surface area contributed by atoms with Gasteiger partial charge in [0.15, 0.2) is 0 Å². The van der Waals surface area contributed by atoms with Crippen LogP contribution in [0.2, 0.25) is 0 Å². The molecule has 5 heteroatoms. The first-order chi connectivity index (χ1) is 11.8. The molecule has 24 heavy (non-hydrogen) atoms. The number of rotatable bonds is 5. The highest BCUT2D eigenvalue weighted by atomic mass is 16.1. The van der Waals surface area contributed by atoms with E-state index in [1.165, 1.54) is 70.9 Å². The fourth-order valence-electron chi connectivity index (χ4n) is 5.14. The van der Waals surface area contributed by atoms with E-state index in [-0.39, 0.29) is 5.91 Å². The highest BCUT2D eigenvalue weighted by molar-refractivity contribution is 5.93. The van der Waals surface area contributed by atoms with E-state index in [0.717, 1.165) is 13.0 Å². The molecule has 2 saturated heterocycles. The molecule has 4 rings (SSSR count). The summed E-state index contributed by atoms with van der Waals surface area (Å²) >= 11 is 0. The average molecular weight is 330 g/mol. The number of nitrogens with one attached hydrogen (secondary N) is 1.